The van der Waals surface area contributed by atoms with Gasteiger partial charge in [-0.25, -0.2) is 4.98 Å². The van der Waals surface area contributed by atoms with Crippen molar-refractivity contribution in [2.24, 2.45) is 0 Å². The van der Waals surface area contributed by atoms with Crippen LogP contribution in [0.2, 0.25) is 10.0 Å². The molecule has 2 N–H and O–H groups in total. The van der Waals surface area contributed by atoms with Gasteiger partial charge in [0.05, 0.1) is 27.4 Å². The summed E-state index contributed by atoms with van der Waals surface area (Å²) in [6.45, 7) is 0. The summed E-state index contributed by atoms with van der Waals surface area (Å²) < 4.78 is 8.95. The molecule has 2 aromatic heterocycles. The van der Waals surface area contributed by atoms with E-state index < -0.39 is 0 Å². The highest BCUT2D eigenvalue weighted by Crippen LogP contribution is 2.41. The number of oxazole rings is 1. The molecule has 21 heavy (non-hydrogen) atoms. The molecule has 0 radical (unpaired) electrons. The second kappa shape index (κ2) is 5.16. The Bertz CT molecular complexity index is 810. The van der Waals surface area contributed by atoms with Crippen molar-refractivity contribution in [3.63, 3.8) is 0 Å². The fraction of sp³-hybridized carbons (Fsp3) is 0.214. The Balaban J connectivity index is 1.57. The smallest absolute Gasteiger partial charge is 0.201 e. The predicted molar refractivity (Wildman–Crippen MR) is 86.3 cm³/mol. The van der Waals surface area contributed by atoms with Crippen molar-refractivity contribution in [3.8, 4) is 0 Å². The van der Waals surface area contributed by atoms with Gasteiger partial charge in [-0.2, -0.15) is 0 Å². The van der Waals surface area contributed by atoms with Crippen molar-refractivity contribution in [2.75, 3.05) is 4.72 Å². The van der Waals surface area contributed by atoms with Crippen LogP contribution in [0.1, 0.15) is 24.7 Å². The maximum absolute atomic E-state index is 6.17. The number of halogens is 2. The van der Waals surface area contributed by atoms with Gasteiger partial charge in [0, 0.05) is 29.4 Å². The summed E-state index contributed by atoms with van der Waals surface area (Å²) in [6.07, 6.45) is 5.83. The molecule has 0 spiro atoms. The van der Waals surface area contributed by atoms with Gasteiger partial charge in [0.1, 0.15) is 0 Å². The number of hydrogen-bond acceptors (Lipinski definition) is 4. The lowest BCUT2D eigenvalue weighted by Gasteiger charge is -2.05. The summed E-state index contributed by atoms with van der Waals surface area (Å²) >= 11 is 13.7. The highest BCUT2D eigenvalue weighted by atomic mass is 35.5. The van der Waals surface area contributed by atoms with E-state index in [9.17, 15) is 0 Å². The third-order valence-electron chi connectivity index (χ3n) is 3.43. The molecule has 1 aliphatic carbocycles. The van der Waals surface area contributed by atoms with Crippen molar-refractivity contribution in [1.29, 1.82) is 0 Å². The molecule has 3 aromatic rings. The van der Waals surface area contributed by atoms with Crippen LogP contribution in [0.15, 0.2) is 34.0 Å². The molecule has 7 heteroatoms. The number of H-pyrrole nitrogens is 1. The van der Waals surface area contributed by atoms with Gasteiger partial charge in [0.15, 0.2) is 5.89 Å². The minimum absolute atomic E-state index is 0.517. The number of hydrogen-bond donors (Lipinski definition) is 2. The molecule has 108 valence electrons. The van der Waals surface area contributed by atoms with Crippen molar-refractivity contribution in [1.82, 2.24) is 9.97 Å². The van der Waals surface area contributed by atoms with E-state index in [0.29, 0.717) is 16.0 Å². The van der Waals surface area contributed by atoms with Crippen molar-refractivity contribution in [2.45, 2.75) is 23.9 Å². The highest BCUT2D eigenvalue weighted by molar-refractivity contribution is 8.00. The van der Waals surface area contributed by atoms with E-state index in [1.165, 1.54) is 24.8 Å². The van der Waals surface area contributed by atoms with Crippen LogP contribution in [-0.4, -0.2) is 9.97 Å². The Labute approximate surface area is 135 Å². The Morgan fingerprint density at radius 1 is 1.29 bits per heavy atom. The molecule has 0 aliphatic heterocycles. The molecule has 1 aliphatic rings. The van der Waals surface area contributed by atoms with Gasteiger partial charge in [0.2, 0.25) is 5.09 Å². The summed E-state index contributed by atoms with van der Waals surface area (Å²) in [5.41, 5.74) is 1.78. The molecule has 1 aromatic carbocycles. The first-order valence-corrected chi connectivity index (χ1v) is 8.13. The van der Waals surface area contributed by atoms with Gasteiger partial charge >= 0.3 is 0 Å². The van der Waals surface area contributed by atoms with Gasteiger partial charge in [-0.3, -0.25) is 0 Å². The Hall–Kier alpha value is -1.30. The van der Waals surface area contributed by atoms with E-state index in [4.69, 9.17) is 27.6 Å². The summed E-state index contributed by atoms with van der Waals surface area (Å²) in [5.74, 6) is 1.35. The van der Waals surface area contributed by atoms with Crippen LogP contribution in [0.5, 0.6) is 0 Å². The van der Waals surface area contributed by atoms with Gasteiger partial charge in [-0.1, -0.05) is 23.2 Å². The van der Waals surface area contributed by atoms with E-state index in [0.717, 1.165) is 27.6 Å². The first kappa shape index (κ1) is 13.4. The lowest BCUT2D eigenvalue weighted by molar-refractivity contribution is 0.425. The van der Waals surface area contributed by atoms with Crippen LogP contribution in [0, 0.1) is 0 Å². The van der Waals surface area contributed by atoms with Crippen LogP contribution in [0.3, 0.4) is 0 Å². The lowest BCUT2D eigenvalue weighted by Crippen LogP contribution is -1.87. The lowest BCUT2D eigenvalue weighted by atomic mass is 10.2. The SMILES string of the molecule is Clc1ccc(NSc2cnc(C3CC3)o2)c2[nH]cc(Cl)c12. The number of aromatic nitrogens is 2. The second-order valence-corrected chi connectivity index (χ2v) is 6.60. The maximum Gasteiger partial charge on any atom is 0.201 e. The molecule has 0 bridgehead atoms. The van der Waals surface area contributed by atoms with E-state index >= 15 is 0 Å². The quantitative estimate of drug-likeness (QED) is 0.619. The number of benzene rings is 1. The van der Waals surface area contributed by atoms with Gasteiger partial charge in [0.25, 0.3) is 0 Å². The average molecular weight is 340 g/mol. The highest BCUT2D eigenvalue weighted by Gasteiger charge is 2.28. The first-order valence-electron chi connectivity index (χ1n) is 6.56. The van der Waals surface area contributed by atoms with Crippen molar-refractivity contribution < 1.29 is 4.42 Å². The topological polar surface area (TPSA) is 53.9 Å². The predicted octanol–water partition coefficient (Wildman–Crippen LogP) is 5.46. The summed E-state index contributed by atoms with van der Waals surface area (Å²) in [6, 6.07) is 3.73. The van der Waals surface area contributed by atoms with Crippen LogP contribution >= 0.6 is 35.1 Å². The number of nitrogens with zero attached hydrogens (tertiary/aromatic N) is 1. The molecule has 0 amide bonds. The fourth-order valence-corrected chi connectivity index (χ4v) is 3.37. The zero-order chi connectivity index (χ0) is 14.4. The molecule has 1 saturated carbocycles. The molecule has 4 rings (SSSR count). The monoisotopic (exact) mass is 339 g/mol. The van der Waals surface area contributed by atoms with E-state index in [1.807, 2.05) is 12.1 Å². The van der Waals surface area contributed by atoms with E-state index in [1.54, 1.807) is 12.4 Å². The van der Waals surface area contributed by atoms with Crippen molar-refractivity contribution >= 4 is 51.7 Å². The number of anilines is 1. The molecular weight excluding hydrogens is 329 g/mol. The summed E-state index contributed by atoms with van der Waals surface area (Å²) in [5, 5.41) is 2.81. The largest absolute Gasteiger partial charge is 0.432 e. The third-order valence-corrected chi connectivity index (χ3v) is 4.75. The summed E-state index contributed by atoms with van der Waals surface area (Å²) in [7, 11) is 0. The van der Waals surface area contributed by atoms with Crippen LogP contribution in [0.4, 0.5) is 5.69 Å². The average Bonchev–Trinajstić information content (AvgIpc) is 3.09. The fourth-order valence-electron chi connectivity index (χ4n) is 2.20. The Kier molecular flexibility index (Phi) is 3.28. The Morgan fingerprint density at radius 3 is 2.95 bits per heavy atom. The van der Waals surface area contributed by atoms with Crippen LogP contribution in [0.25, 0.3) is 10.9 Å². The first-order chi connectivity index (χ1) is 10.2. The molecule has 0 unspecified atom stereocenters. The molecule has 0 saturated heterocycles. The normalized spacial score (nSPS) is 14.8. The molecule has 4 nitrogen and oxygen atoms in total. The van der Waals surface area contributed by atoms with Gasteiger partial charge < -0.3 is 14.1 Å². The minimum Gasteiger partial charge on any atom is -0.432 e. The molecule has 2 heterocycles. The van der Waals surface area contributed by atoms with E-state index in [-0.39, 0.29) is 0 Å². The second-order valence-electron chi connectivity index (χ2n) is 4.98. The van der Waals surface area contributed by atoms with Crippen LogP contribution in [-0.2, 0) is 0 Å². The molecular formula is C14H11Cl2N3OS. The van der Waals surface area contributed by atoms with Crippen molar-refractivity contribution in [3.05, 3.63) is 40.5 Å². The maximum atomic E-state index is 6.17. The van der Waals surface area contributed by atoms with Crippen LogP contribution < -0.4 is 4.72 Å². The number of rotatable bonds is 4. The van der Waals surface area contributed by atoms with Gasteiger partial charge in [-0.15, -0.1) is 0 Å². The number of fused-ring (bicyclic) bond motifs is 1. The van der Waals surface area contributed by atoms with Gasteiger partial charge in [-0.05, 0) is 25.0 Å². The molecule has 0 atom stereocenters. The van der Waals surface area contributed by atoms with E-state index in [2.05, 4.69) is 14.7 Å². The zero-order valence-corrected chi connectivity index (χ0v) is 13.1. The number of aromatic amines is 1. The summed E-state index contributed by atoms with van der Waals surface area (Å²) in [4.78, 5) is 7.42. The molecule has 1 fully saturated rings. The zero-order valence-electron chi connectivity index (χ0n) is 10.8. The standard InChI is InChI=1S/C14H11Cl2N3OS/c15-8-3-4-10(13-12(8)9(16)5-17-13)19-21-11-6-18-14(20-11)7-1-2-7/h3-7,17,19H,1-2H2. The Morgan fingerprint density at radius 2 is 2.14 bits per heavy atom. The number of nitrogens with one attached hydrogen (secondary N) is 2. The third kappa shape index (κ3) is 2.50. The minimum atomic E-state index is 0.517.